The van der Waals surface area contributed by atoms with Gasteiger partial charge in [0, 0.05) is 13.0 Å². The van der Waals surface area contributed by atoms with Gasteiger partial charge in [-0.15, -0.1) is 0 Å². The molecule has 2 atom stereocenters. The largest absolute Gasteiger partial charge is 0.480 e. The number of amides is 2. The number of halogens is 1. The first kappa shape index (κ1) is 14.6. The normalized spacial score (nSPS) is 21.9. The molecule has 0 bridgehead atoms. The Hall–Kier alpha value is -1.79. The van der Waals surface area contributed by atoms with E-state index in [1.54, 1.807) is 18.2 Å². The predicted molar refractivity (Wildman–Crippen MR) is 74.0 cm³/mol. The van der Waals surface area contributed by atoms with Crippen LogP contribution in [-0.4, -0.2) is 45.8 Å². The lowest BCUT2D eigenvalue weighted by molar-refractivity contribution is -0.141. The molecule has 6 nitrogen and oxygen atoms in total. The Kier molecular flexibility index (Phi) is 4.15. The Morgan fingerprint density at radius 1 is 1.45 bits per heavy atom. The van der Waals surface area contributed by atoms with Gasteiger partial charge in [0.15, 0.2) is 0 Å². The Bertz CT molecular complexity index is 549. The highest BCUT2D eigenvalue weighted by molar-refractivity contribution is 6.33. The van der Waals surface area contributed by atoms with E-state index in [9.17, 15) is 14.7 Å². The van der Waals surface area contributed by atoms with Crippen molar-refractivity contribution in [3.63, 3.8) is 0 Å². The van der Waals surface area contributed by atoms with Crippen LogP contribution in [0.5, 0.6) is 0 Å². The van der Waals surface area contributed by atoms with Gasteiger partial charge in [-0.1, -0.05) is 17.7 Å². The maximum absolute atomic E-state index is 12.1. The lowest BCUT2D eigenvalue weighted by Gasteiger charge is -2.22. The zero-order chi connectivity index (χ0) is 14.9. The van der Waals surface area contributed by atoms with Crippen LogP contribution in [0.1, 0.15) is 12.0 Å². The number of β-amino-alcohol motifs (C(OH)–C–C–N with tert-alkyl or cyclic N) is 1. The minimum absolute atomic E-state index is 0.00770. The fourth-order valence-electron chi connectivity index (χ4n) is 2.19. The highest BCUT2D eigenvalue weighted by Crippen LogP contribution is 2.25. The van der Waals surface area contributed by atoms with E-state index in [0.29, 0.717) is 10.7 Å². The molecule has 1 fully saturated rings. The second-order valence-corrected chi connectivity index (χ2v) is 5.22. The van der Waals surface area contributed by atoms with Crippen LogP contribution in [0.2, 0.25) is 5.02 Å². The van der Waals surface area contributed by atoms with Gasteiger partial charge in [-0.05, 0) is 24.6 Å². The average molecular weight is 299 g/mol. The Morgan fingerprint density at radius 3 is 2.80 bits per heavy atom. The van der Waals surface area contributed by atoms with Gasteiger partial charge in [0.25, 0.3) is 0 Å². The lowest BCUT2D eigenvalue weighted by atomic mass is 10.2. The first-order valence-corrected chi connectivity index (χ1v) is 6.51. The van der Waals surface area contributed by atoms with E-state index in [4.69, 9.17) is 16.7 Å². The molecule has 1 heterocycles. The molecule has 1 aromatic carbocycles. The molecule has 7 heteroatoms. The number of urea groups is 1. The van der Waals surface area contributed by atoms with E-state index >= 15 is 0 Å². The molecule has 0 aromatic heterocycles. The van der Waals surface area contributed by atoms with Crippen molar-refractivity contribution in [2.45, 2.75) is 25.5 Å². The SMILES string of the molecule is Cc1ccc(Cl)c(NC(=O)N2CC(O)C[C@H]2C(=O)O)c1. The van der Waals surface area contributed by atoms with Crippen molar-refractivity contribution < 1.29 is 19.8 Å². The van der Waals surface area contributed by atoms with E-state index in [0.717, 1.165) is 10.5 Å². The molecule has 108 valence electrons. The van der Waals surface area contributed by atoms with Gasteiger partial charge in [-0.3, -0.25) is 0 Å². The molecule has 2 amide bonds. The maximum atomic E-state index is 12.1. The van der Waals surface area contributed by atoms with Gasteiger partial charge < -0.3 is 20.4 Å². The van der Waals surface area contributed by atoms with Crippen LogP contribution in [-0.2, 0) is 4.79 Å². The molecular formula is C13H15ClN2O4. The third-order valence-corrected chi connectivity index (χ3v) is 3.52. The van der Waals surface area contributed by atoms with Crippen LogP contribution in [0.4, 0.5) is 10.5 Å². The molecular weight excluding hydrogens is 284 g/mol. The number of rotatable bonds is 2. The number of carboxylic acids is 1. The summed E-state index contributed by atoms with van der Waals surface area (Å²) in [5, 5.41) is 21.5. The van der Waals surface area contributed by atoms with E-state index in [-0.39, 0.29) is 13.0 Å². The van der Waals surface area contributed by atoms with Crippen molar-refractivity contribution in [1.82, 2.24) is 4.90 Å². The number of aliphatic hydroxyl groups excluding tert-OH is 1. The zero-order valence-corrected chi connectivity index (χ0v) is 11.6. The lowest BCUT2D eigenvalue weighted by Crippen LogP contribution is -2.43. The molecule has 2 rings (SSSR count). The van der Waals surface area contributed by atoms with Crippen LogP contribution in [0.15, 0.2) is 18.2 Å². The van der Waals surface area contributed by atoms with Crippen LogP contribution in [0.25, 0.3) is 0 Å². The molecule has 1 aliphatic rings. The molecule has 1 aromatic rings. The minimum Gasteiger partial charge on any atom is -0.480 e. The first-order valence-electron chi connectivity index (χ1n) is 6.13. The molecule has 1 saturated heterocycles. The standard InChI is InChI=1S/C13H15ClN2O4/c1-7-2-3-9(14)10(4-7)15-13(20)16-6-8(17)5-11(16)12(18)19/h2-4,8,11,17H,5-6H2,1H3,(H,15,20)(H,18,19)/t8?,11-/m0/s1. The van der Waals surface area contributed by atoms with Crippen LogP contribution >= 0.6 is 11.6 Å². The monoisotopic (exact) mass is 298 g/mol. The van der Waals surface area contributed by atoms with Crippen molar-refractivity contribution in [2.75, 3.05) is 11.9 Å². The summed E-state index contributed by atoms with van der Waals surface area (Å²) < 4.78 is 0. The third kappa shape index (κ3) is 3.02. The molecule has 0 aliphatic carbocycles. The summed E-state index contributed by atoms with van der Waals surface area (Å²) >= 11 is 5.98. The minimum atomic E-state index is -1.13. The van der Waals surface area contributed by atoms with E-state index in [2.05, 4.69) is 5.32 Å². The number of aryl methyl sites for hydroxylation is 1. The number of aliphatic carboxylic acids is 1. The van der Waals surface area contributed by atoms with Gasteiger partial charge in [0.1, 0.15) is 6.04 Å². The number of carbonyl (C=O) groups excluding carboxylic acids is 1. The second-order valence-electron chi connectivity index (χ2n) is 4.81. The number of nitrogens with one attached hydrogen (secondary N) is 1. The fourth-order valence-corrected chi connectivity index (χ4v) is 2.36. The van der Waals surface area contributed by atoms with Crippen molar-refractivity contribution in [2.24, 2.45) is 0 Å². The average Bonchev–Trinajstić information content (AvgIpc) is 2.76. The summed E-state index contributed by atoms with van der Waals surface area (Å²) in [6.45, 7) is 1.85. The molecule has 1 unspecified atom stereocenters. The van der Waals surface area contributed by atoms with Crippen LogP contribution < -0.4 is 5.32 Å². The van der Waals surface area contributed by atoms with Crippen molar-refractivity contribution >= 4 is 29.3 Å². The molecule has 1 aliphatic heterocycles. The molecule has 0 spiro atoms. The van der Waals surface area contributed by atoms with Gasteiger partial charge in [0.2, 0.25) is 0 Å². The summed E-state index contributed by atoms with van der Waals surface area (Å²) in [6, 6.07) is 3.55. The Morgan fingerprint density at radius 2 is 2.15 bits per heavy atom. The Balaban J connectivity index is 2.15. The fraction of sp³-hybridized carbons (Fsp3) is 0.385. The highest BCUT2D eigenvalue weighted by atomic mass is 35.5. The number of nitrogens with zero attached hydrogens (tertiary/aromatic N) is 1. The van der Waals surface area contributed by atoms with Gasteiger partial charge >= 0.3 is 12.0 Å². The molecule has 0 saturated carbocycles. The summed E-state index contributed by atoms with van der Waals surface area (Å²) in [5.74, 6) is -1.13. The highest BCUT2D eigenvalue weighted by Gasteiger charge is 2.39. The third-order valence-electron chi connectivity index (χ3n) is 3.19. The number of likely N-dealkylation sites (tertiary alicyclic amines) is 1. The smallest absolute Gasteiger partial charge is 0.326 e. The topological polar surface area (TPSA) is 89.9 Å². The van der Waals surface area contributed by atoms with Crippen molar-refractivity contribution in [3.05, 3.63) is 28.8 Å². The first-order chi connectivity index (χ1) is 9.38. The number of hydrogen-bond acceptors (Lipinski definition) is 3. The second kappa shape index (κ2) is 5.68. The van der Waals surface area contributed by atoms with E-state index in [1.807, 2.05) is 6.92 Å². The number of hydrogen-bond donors (Lipinski definition) is 3. The van der Waals surface area contributed by atoms with Crippen molar-refractivity contribution in [3.8, 4) is 0 Å². The molecule has 0 radical (unpaired) electrons. The van der Waals surface area contributed by atoms with Crippen LogP contribution in [0.3, 0.4) is 0 Å². The van der Waals surface area contributed by atoms with Gasteiger partial charge in [-0.2, -0.15) is 0 Å². The summed E-state index contributed by atoms with van der Waals surface area (Å²) in [6.07, 6.45) is -0.792. The number of aliphatic hydroxyl groups is 1. The molecule has 3 N–H and O–H groups in total. The summed E-state index contributed by atoms with van der Waals surface area (Å²) in [5.41, 5.74) is 1.34. The number of benzene rings is 1. The van der Waals surface area contributed by atoms with Crippen LogP contribution in [0, 0.1) is 6.92 Å². The summed E-state index contributed by atoms with van der Waals surface area (Å²) in [7, 11) is 0. The predicted octanol–water partition coefficient (Wildman–Crippen LogP) is 1.70. The quantitative estimate of drug-likeness (QED) is 0.775. The van der Waals surface area contributed by atoms with Gasteiger partial charge in [-0.25, -0.2) is 9.59 Å². The zero-order valence-electron chi connectivity index (χ0n) is 10.8. The number of anilines is 1. The Labute approximate surface area is 121 Å². The number of carbonyl (C=O) groups is 2. The number of carboxylic acid groups (broad SMARTS) is 1. The summed E-state index contributed by atoms with van der Waals surface area (Å²) in [4.78, 5) is 24.3. The van der Waals surface area contributed by atoms with E-state index in [1.165, 1.54) is 0 Å². The van der Waals surface area contributed by atoms with E-state index < -0.39 is 24.1 Å². The maximum Gasteiger partial charge on any atom is 0.326 e. The van der Waals surface area contributed by atoms with Crippen molar-refractivity contribution in [1.29, 1.82) is 0 Å². The van der Waals surface area contributed by atoms with Gasteiger partial charge in [0.05, 0.1) is 16.8 Å². The molecule has 20 heavy (non-hydrogen) atoms.